The molecule has 1 saturated heterocycles. The Labute approximate surface area is 122 Å². The molecule has 0 aliphatic carbocycles. The van der Waals surface area contributed by atoms with Crippen LogP contribution in [0.1, 0.15) is 36.0 Å². The van der Waals surface area contributed by atoms with Crippen molar-refractivity contribution >= 4 is 29.1 Å². The highest BCUT2D eigenvalue weighted by Crippen LogP contribution is 2.25. The van der Waals surface area contributed by atoms with E-state index in [4.69, 9.17) is 23.2 Å². The Balaban J connectivity index is 2.13. The van der Waals surface area contributed by atoms with Gasteiger partial charge in [-0.2, -0.15) is 0 Å². The van der Waals surface area contributed by atoms with E-state index in [2.05, 4.69) is 0 Å². The molecule has 0 spiro atoms. The number of carbonyl (C=O) groups excluding carboxylic acids is 1. The van der Waals surface area contributed by atoms with Crippen LogP contribution >= 0.6 is 23.2 Å². The van der Waals surface area contributed by atoms with E-state index in [1.165, 1.54) is 12.1 Å². The number of benzene rings is 1. The number of hydrogen-bond donors (Lipinski definition) is 0. The van der Waals surface area contributed by atoms with Crippen LogP contribution in [-0.2, 0) is 0 Å². The second kappa shape index (κ2) is 6.58. The van der Waals surface area contributed by atoms with Crippen LogP contribution in [0.2, 0.25) is 5.02 Å². The number of hydrogen-bond acceptors (Lipinski definition) is 1. The van der Waals surface area contributed by atoms with E-state index in [-0.39, 0.29) is 17.5 Å². The number of halogens is 3. The van der Waals surface area contributed by atoms with E-state index in [1.54, 1.807) is 11.0 Å². The summed E-state index contributed by atoms with van der Waals surface area (Å²) in [5, 5.41) is 0.300. The first-order valence-corrected chi connectivity index (χ1v) is 7.36. The largest absolute Gasteiger partial charge is 0.336 e. The molecule has 2 nitrogen and oxygen atoms in total. The molecule has 0 aromatic heterocycles. The van der Waals surface area contributed by atoms with Gasteiger partial charge in [0.05, 0.1) is 5.56 Å². The highest BCUT2D eigenvalue weighted by atomic mass is 35.5. The first-order chi connectivity index (χ1) is 9.13. The molecule has 104 valence electrons. The van der Waals surface area contributed by atoms with Crippen molar-refractivity contribution in [3.8, 4) is 0 Å². The molecule has 0 N–H and O–H groups in total. The quantitative estimate of drug-likeness (QED) is 0.767. The molecule has 19 heavy (non-hydrogen) atoms. The monoisotopic (exact) mass is 303 g/mol. The highest BCUT2D eigenvalue weighted by Gasteiger charge is 2.30. The van der Waals surface area contributed by atoms with Gasteiger partial charge in [-0.3, -0.25) is 4.79 Å². The Morgan fingerprint density at radius 3 is 2.95 bits per heavy atom. The minimum Gasteiger partial charge on any atom is -0.336 e. The lowest BCUT2D eigenvalue weighted by molar-refractivity contribution is 0.0725. The average molecular weight is 304 g/mol. The topological polar surface area (TPSA) is 20.3 Å². The molecule has 0 radical (unpaired) electrons. The molecular formula is C14H16Cl2FNO. The van der Waals surface area contributed by atoms with Gasteiger partial charge in [0, 0.05) is 23.5 Å². The van der Waals surface area contributed by atoms with E-state index < -0.39 is 5.82 Å². The van der Waals surface area contributed by atoms with Gasteiger partial charge in [-0.1, -0.05) is 11.6 Å². The van der Waals surface area contributed by atoms with Crippen LogP contribution in [-0.4, -0.2) is 29.3 Å². The molecule has 5 heteroatoms. The highest BCUT2D eigenvalue weighted by molar-refractivity contribution is 6.30. The Morgan fingerprint density at radius 1 is 1.47 bits per heavy atom. The maximum absolute atomic E-state index is 13.8. The third-order valence-corrected chi connectivity index (χ3v) is 3.97. The van der Waals surface area contributed by atoms with Gasteiger partial charge in [0.25, 0.3) is 5.91 Å². The molecule has 1 aliphatic rings. The zero-order chi connectivity index (χ0) is 13.8. The van der Waals surface area contributed by atoms with E-state index in [9.17, 15) is 9.18 Å². The molecule has 1 aliphatic heterocycles. The predicted octanol–water partition coefficient (Wildman–Crippen LogP) is 4.10. The van der Waals surface area contributed by atoms with Crippen LogP contribution in [0, 0.1) is 5.82 Å². The maximum atomic E-state index is 13.8. The molecule has 1 heterocycles. The van der Waals surface area contributed by atoms with Crippen molar-refractivity contribution in [2.75, 3.05) is 12.4 Å². The summed E-state index contributed by atoms with van der Waals surface area (Å²) in [5.74, 6) is -0.208. The molecule has 1 aromatic carbocycles. The van der Waals surface area contributed by atoms with Crippen LogP contribution in [0.5, 0.6) is 0 Å². The molecular weight excluding hydrogens is 288 g/mol. The summed E-state index contributed by atoms with van der Waals surface area (Å²) in [4.78, 5) is 14.1. The van der Waals surface area contributed by atoms with E-state index in [1.807, 2.05) is 0 Å². The first kappa shape index (κ1) is 14.6. The smallest absolute Gasteiger partial charge is 0.257 e. The standard InChI is InChI=1S/C14H16Cl2FNO/c15-7-1-3-11-4-2-8-18(11)14(19)12-6-5-10(16)9-13(12)17/h5-6,9,11H,1-4,7-8H2. The number of likely N-dealkylation sites (tertiary alicyclic amines) is 1. The minimum atomic E-state index is -0.555. The van der Waals surface area contributed by atoms with Gasteiger partial charge in [-0.15, -0.1) is 11.6 Å². The molecule has 0 bridgehead atoms. The average Bonchev–Trinajstić information content (AvgIpc) is 2.83. The molecule has 2 rings (SSSR count). The fraction of sp³-hybridized carbons (Fsp3) is 0.500. The van der Waals surface area contributed by atoms with Crippen molar-refractivity contribution in [3.05, 3.63) is 34.6 Å². The zero-order valence-electron chi connectivity index (χ0n) is 10.5. The Morgan fingerprint density at radius 2 is 2.26 bits per heavy atom. The zero-order valence-corrected chi connectivity index (χ0v) is 12.1. The summed E-state index contributed by atoms with van der Waals surface area (Å²) in [7, 11) is 0. The summed E-state index contributed by atoms with van der Waals surface area (Å²) in [6.07, 6.45) is 3.69. The van der Waals surface area contributed by atoms with Crippen molar-refractivity contribution in [2.45, 2.75) is 31.7 Å². The minimum absolute atomic E-state index is 0.0992. The van der Waals surface area contributed by atoms with Gasteiger partial charge in [0.1, 0.15) is 5.82 Å². The fourth-order valence-electron chi connectivity index (χ4n) is 2.53. The summed E-state index contributed by atoms with van der Waals surface area (Å²) < 4.78 is 13.8. The second-order valence-corrected chi connectivity index (χ2v) is 5.56. The van der Waals surface area contributed by atoms with Gasteiger partial charge in [0.15, 0.2) is 0 Å². The lowest BCUT2D eigenvalue weighted by Gasteiger charge is -2.24. The third kappa shape index (κ3) is 3.40. The normalized spacial score (nSPS) is 18.9. The van der Waals surface area contributed by atoms with Crippen molar-refractivity contribution in [3.63, 3.8) is 0 Å². The van der Waals surface area contributed by atoms with Crippen LogP contribution in [0.25, 0.3) is 0 Å². The Kier molecular flexibility index (Phi) is 5.06. The summed E-state index contributed by atoms with van der Waals surface area (Å²) in [6, 6.07) is 4.36. The van der Waals surface area contributed by atoms with Crippen LogP contribution in [0.4, 0.5) is 4.39 Å². The van der Waals surface area contributed by atoms with Crippen LogP contribution < -0.4 is 0 Å². The lowest BCUT2D eigenvalue weighted by Crippen LogP contribution is -2.36. The first-order valence-electron chi connectivity index (χ1n) is 6.45. The van der Waals surface area contributed by atoms with Crippen LogP contribution in [0.15, 0.2) is 18.2 Å². The van der Waals surface area contributed by atoms with E-state index >= 15 is 0 Å². The van der Waals surface area contributed by atoms with E-state index in [0.29, 0.717) is 17.4 Å². The number of alkyl halides is 1. The van der Waals surface area contributed by atoms with Crippen molar-refractivity contribution in [2.24, 2.45) is 0 Å². The molecule has 1 amide bonds. The number of carbonyl (C=O) groups is 1. The molecule has 1 unspecified atom stereocenters. The van der Waals surface area contributed by atoms with Gasteiger partial charge < -0.3 is 4.90 Å². The van der Waals surface area contributed by atoms with Gasteiger partial charge >= 0.3 is 0 Å². The Hall–Kier alpha value is -0.800. The summed E-state index contributed by atoms with van der Waals surface area (Å²) in [5.41, 5.74) is 0.0992. The predicted molar refractivity (Wildman–Crippen MR) is 75.4 cm³/mol. The van der Waals surface area contributed by atoms with Gasteiger partial charge in [-0.25, -0.2) is 4.39 Å². The molecule has 1 aromatic rings. The molecule has 0 saturated carbocycles. The SMILES string of the molecule is O=C(c1ccc(Cl)cc1F)N1CCCC1CCCCl. The molecule has 1 atom stereocenters. The van der Waals surface area contributed by atoms with Gasteiger partial charge in [0.2, 0.25) is 0 Å². The van der Waals surface area contributed by atoms with Crippen LogP contribution in [0.3, 0.4) is 0 Å². The third-order valence-electron chi connectivity index (χ3n) is 3.47. The number of amides is 1. The van der Waals surface area contributed by atoms with Crippen molar-refractivity contribution in [1.29, 1.82) is 0 Å². The lowest BCUT2D eigenvalue weighted by atomic mass is 10.1. The van der Waals surface area contributed by atoms with Gasteiger partial charge in [-0.05, 0) is 43.9 Å². The summed E-state index contributed by atoms with van der Waals surface area (Å²) in [6.45, 7) is 0.688. The number of rotatable bonds is 4. The van der Waals surface area contributed by atoms with Crippen molar-refractivity contribution < 1.29 is 9.18 Å². The second-order valence-electron chi connectivity index (χ2n) is 4.75. The van der Waals surface area contributed by atoms with E-state index in [0.717, 1.165) is 25.7 Å². The van der Waals surface area contributed by atoms with Crippen molar-refractivity contribution in [1.82, 2.24) is 4.90 Å². The number of nitrogens with zero attached hydrogens (tertiary/aromatic N) is 1. The molecule has 1 fully saturated rings. The Bertz CT molecular complexity index is 467. The maximum Gasteiger partial charge on any atom is 0.257 e. The summed E-state index contributed by atoms with van der Waals surface area (Å²) >= 11 is 11.4. The fourth-order valence-corrected chi connectivity index (χ4v) is 2.85.